The van der Waals surface area contributed by atoms with Crippen molar-refractivity contribution in [2.24, 2.45) is 0 Å². The maximum absolute atomic E-state index is 13.4. The number of benzene rings is 2. The molecule has 0 N–H and O–H groups in total. The Bertz CT molecular complexity index is 813. The van der Waals surface area contributed by atoms with Crippen LogP contribution in [0.2, 0.25) is 0 Å². The van der Waals surface area contributed by atoms with Gasteiger partial charge in [0, 0.05) is 22.8 Å². The lowest BCUT2D eigenvalue weighted by Gasteiger charge is -2.12. The molecule has 2 aromatic carbocycles. The van der Waals surface area contributed by atoms with Crippen molar-refractivity contribution < 1.29 is 4.39 Å². The number of fused-ring (bicyclic) bond motifs is 1. The van der Waals surface area contributed by atoms with Crippen molar-refractivity contribution in [1.82, 2.24) is 9.55 Å². The van der Waals surface area contributed by atoms with Crippen LogP contribution in [0.1, 0.15) is 11.4 Å². The fourth-order valence-electron chi connectivity index (χ4n) is 2.43. The van der Waals surface area contributed by atoms with Crippen LogP contribution in [0.15, 0.2) is 40.9 Å². The van der Waals surface area contributed by atoms with Crippen LogP contribution < -0.4 is 0 Å². The van der Waals surface area contributed by atoms with E-state index < -0.39 is 0 Å². The molecular formula is C16H13BrClFN2. The van der Waals surface area contributed by atoms with Crippen molar-refractivity contribution in [2.45, 2.75) is 13.3 Å². The van der Waals surface area contributed by atoms with Gasteiger partial charge in [-0.1, -0.05) is 12.1 Å². The molecule has 108 valence electrons. The summed E-state index contributed by atoms with van der Waals surface area (Å²) >= 11 is 9.52. The molecule has 21 heavy (non-hydrogen) atoms. The van der Waals surface area contributed by atoms with Crippen LogP contribution in [0.5, 0.6) is 0 Å². The molecule has 3 aromatic rings. The predicted octanol–water partition coefficient (Wildman–Crippen LogP) is 5.02. The van der Waals surface area contributed by atoms with Gasteiger partial charge in [-0.25, -0.2) is 9.37 Å². The Hall–Kier alpha value is -1.39. The molecule has 2 nitrogen and oxygen atoms in total. The Kier molecular flexibility index (Phi) is 4.00. The fraction of sp³-hybridized carbons (Fsp3) is 0.188. The molecule has 0 aliphatic rings. The molecule has 1 heterocycles. The first-order valence-corrected chi connectivity index (χ1v) is 7.93. The van der Waals surface area contributed by atoms with Crippen molar-refractivity contribution >= 4 is 38.6 Å². The third-order valence-corrected chi connectivity index (χ3v) is 4.64. The molecule has 0 aliphatic carbocycles. The van der Waals surface area contributed by atoms with Gasteiger partial charge in [0.2, 0.25) is 0 Å². The maximum Gasteiger partial charge on any atom is 0.125 e. The summed E-state index contributed by atoms with van der Waals surface area (Å²) in [5, 5.41) is 0. The number of aryl methyl sites for hydroxylation is 2. The van der Waals surface area contributed by atoms with Crippen LogP contribution >= 0.6 is 27.5 Å². The zero-order chi connectivity index (χ0) is 15.0. The van der Waals surface area contributed by atoms with Crippen molar-refractivity contribution in [3.63, 3.8) is 0 Å². The molecule has 0 saturated heterocycles. The number of nitrogens with zero attached hydrogens (tertiary/aromatic N) is 2. The number of hydrogen-bond donors (Lipinski definition) is 0. The second-order valence-corrected chi connectivity index (χ2v) is 6.01. The molecule has 0 fully saturated rings. The van der Waals surface area contributed by atoms with E-state index in [1.165, 1.54) is 12.1 Å². The van der Waals surface area contributed by atoms with E-state index in [0.717, 1.165) is 27.1 Å². The second kappa shape index (κ2) is 5.78. The van der Waals surface area contributed by atoms with Crippen LogP contribution in [0.4, 0.5) is 4.39 Å². The zero-order valence-electron chi connectivity index (χ0n) is 11.4. The van der Waals surface area contributed by atoms with E-state index in [1.807, 2.05) is 29.7 Å². The van der Waals surface area contributed by atoms with E-state index in [1.54, 1.807) is 6.07 Å². The summed E-state index contributed by atoms with van der Waals surface area (Å²) < 4.78 is 16.5. The molecule has 0 amide bonds. The monoisotopic (exact) mass is 366 g/mol. The molecule has 0 radical (unpaired) electrons. The third kappa shape index (κ3) is 2.58. The van der Waals surface area contributed by atoms with Gasteiger partial charge in [0.05, 0.1) is 16.7 Å². The van der Waals surface area contributed by atoms with Crippen molar-refractivity contribution in [3.05, 3.63) is 58.1 Å². The van der Waals surface area contributed by atoms with Gasteiger partial charge >= 0.3 is 0 Å². The average Bonchev–Trinajstić information content (AvgIpc) is 2.79. The summed E-state index contributed by atoms with van der Waals surface area (Å²) in [6.45, 7) is 2.04. The molecular weight excluding hydrogens is 355 g/mol. The lowest BCUT2D eigenvalue weighted by atomic mass is 10.2. The number of hydrogen-bond acceptors (Lipinski definition) is 1. The zero-order valence-corrected chi connectivity index (χ0v) is 13.7. The minimum atomic E-state index is -0.284. The highest BCUT2D eigenvalue weighted by Gasteiger charge is 2.15. The Balaban J connectivity index is 2.33. The highest BCUT2D eigenvalue weighted by molar-refractivity contribution is 9.10. The Labute approximate surface area is 135 Å². The van der Waals surface area contributed by atoms with E-state index in [2.05, 4.69) is 20.9 Å². The molecule has 0 bridgehead atoms. The highest BCUT2D eigenvalue weighted by Crippen LogP contribution is 2.30. The maximum atomic E-state index is 13.4. The minimum Gasteiger partial charge on any atom is -0.295 e. The summed E-state index contributed by atoms with van der Waals surface area (Å²) in [7, 11) is 0. The van der Waals surface area contributed by atoms with Crippen LogP contribution in [0.25, 0.3) is 16.7 Å². The van der Waals surface area contributed by atoms with Crippen molar-refractivity contribution in [2.75, 3.05) is 5.88 Å². The average molecular weight is 368 g/mol. The van der Waals surface area contributed by atoms with Gasteiger partial charge in [0.1, 0.15) is 11.6 Å². The fourth-order valence-corrected chi connectivity index (χ4v) is 3.04. The molecule has 0 unspecified atom stereocenters. The number of alkyl halides is 1. The van der Waals surface area contributed by atoms with E-state index in [-0.39, 0.29) is 5.82 Å². The predicted molar refractivity (Wildman–Crippen MR) is 87.9 cm³/mol. The summed E-state index contributed by atoms with van der Waals surface area (Å²) in [5.74, 6) is 1.01. The summed E-state index contributed by atoms with van der Waals surface area (Å²) in [6.07, 6.45) is 0.623. The summed E-state index contributed by atoms with van der Waals surface area (Å²) in [6, 6.07) is 10.7. The Morgan fingerprint density at radius 1 is 1.29 bits per heavy atom. The van der Waals surface area contributed by atoms with Gasteiger partial charge < -0.3 is 0 Å². The van der Waals surface area contributed by atoms with Crippen LogP contribution in [0.3, 0.4) is 0 Å². The first-order chi connectivity index (χ1) is 10.1. The number of halogens is 3. The lowest BCUT2D eigenvalue weighted by Crippen LogP contribution is -2.03. The quantitative estimate of drug-likeness (QED) is 0.595. The van der Waals surface area contributed by atoms with Crippen molar-refractivity contribution in [3.8, 4) is 5.69 Å². The standard InChI is InChI=1S/C16H13BrClFN2/c1-10-3-2-4-14(16(10)17)21-13-6-5-11(19)9-12(13)20-15(21)7-8-18/h2-6,9H,7-8H2,1H3. The third-order valence-electron chi connectivity index (χ3n) is 3.42. The molecule has 5 heteroatoms. The van der Waals surface area contributed by atoms with Crippen LogP contribution in [-0.4, -0.2) is 15.4 Å². The van der Waals surface area contributed by atoms with E-state index in [4.69, 9.17) is 11.6 Å². The van der Waals surface area contributed by atoms with Crippen LogP contribution in [0, 0.1) is 12.7 Å². The molecule has 0 atom stereocenters. The normalized spacial score (nSPS) is 11.2. The van der Waals surface area contributed by atoms with E-state index in [0.29, 0.717) is 17.8 Å². The van der Waals surface area contributed by atoms with E-state index >= 15 is 0 Å². The SMILES string of the molecule is Cc1cccc(-n2c(CCCl)nc3cc(F)ccc32)c1Br. The van der Waals surface area contributed by atoms with Crippen molar-refractivity contribution in [1.29, 1.82) is 0 Å². The molecule has 3 rings (SSSR count). The van der Waals surface area contributed by atoms with Gasteiger partial charge in [-0.2, -0.15) is 0 Å². The highest BCUT2D eigenvalue weighted by atomic mass is 79.9. The lowest BCUT2D eigenvalue weighted by molar-refractivity contribution is 0.629. The van der Waals surface area contributed by atoms with Gasteiger partial charge in [-0.3, -0.25) is 4.57 Å². The van der Waals surface area contributed by atoms with E-state index in [9.17, 15) is 4.39 Å². The molecule has 1 aromatic heterocycles. The van der Waals surface area contributed by atoms with Gasteiger partial charge in [0.25, 0.3) is 0 Å². The largest absolute Gasteiger partial charge is 0.295 e. The molecule has 0 saturated carbocycles. The van der Waals surface area contributed by atoms with Gasteiger partial charge in [0.15, 0.2) is 0 Å². The van der Waals surface area contributed by atoms with Crippen LogP contribution in [-0.2, 0) is 6.42 Å². The number of aromatic nitrogens is 2. The number of rotatable bonds is 3. The van der Waals surface area contributed by atoms with Gasteiger partial charge in [-0.15, -0.1) is 11.6 Å². The number of imidazole rings is 1. The topological polar surface area (TPSA) is 17.8 Å². The van der Waals surface area contributed by atoms with Gasteiger partial charge in [-0.05, 0) is 46.6 Å². The first kappa shape index (κ1) is 14.5. The Morgan fingerprint density at radius 3 is 2.86 bits per heavy atom. The summed E-state index contributed by atoms with van der Waals surface area (Å²) in [5.41, 5.74) is 3.64. The minimum absolute atomic E-state index is 0.284. The summed E-state index contributed by atoms with van der Waals surface area (Å²) in [4.78, 5) is 4.53. The second-order valence-electron chi connectivity index (χ2n) is 4.84. The first-order valence-electron chi connectivity index (χ1n) is 6.60. The smallest absolute Gasteiger partial charge is 0.125 e. The molecule has 0 spiro atoms. The Morgan fingerprint density at radius 2 is 2.10 bits per heavy atom. The molecule has 0 aliphatic heterocycles.